The standard InChI is InChI=1S/C49H32N2O2S2.4H2O/c1-3-14-30-29(2)31-15-4-5-16-32(31)38-28-46-45(27-37(30)38)54-49(55-46)50(41-23-12-19-35-33-17-6-10-25-43(33)52-47(35)41)39-21-8-9-22-40(39)51(49)42-24-13-20-36-34-18-7-11-26-44(34)53-48(36)42;;;;/h3,5-14,16-28H,1-2,4,15H2;4*1H2/b30-14+;;;;. The number of fused-ring (bicyclic) bond motifs is 11. The third-order valence-electron chi connectivity index (χ3n) is 11.5. The van der Waals surface area contributed by atoms with E-state index in [9.17, 15) is 0 Å². The van der Waals surface area contributed by atoms with Gasteiger partial charge >= 0.3 is 0 Å². The van der Waals surface area contributed by atoms with Crippen LogP contribution in [-0.4, -0.2) is 26.2 Å². The molecule has 1 aliphatic carbocycles. The lowest BCUT2D eigenvalue weighted by Crippen LogP contribution is -2.46. The molecule has 59 heavy (non-hydrogen) atoms. The Bertz CT molecular complexity index is 3170. The lowest BCUT2D eigenvalue weighted by Gasteiger charge is -2.41. The number of benzene rings is 7. The summed E-state index contributed by atoms with van der Waals surface area (Å²) in [5.74, 6) is 0. The number of nitrogens with zero attached hydrogens (tertiary/aromatic N) is 2. The van der Waals surface area contributed by atoms with E-state index in [0.717, 1.165) is 89.9 Å². The van der Waals surface area contributed by atoms with Crippen LogP contribution in [-0.2, 0) is 6.42 Å². The molecule has 0 saturated heterocycles. The summed E-state index contributed by atoms with van der Waals surface area (Å²) in [6.07, 6.45) is 10.6. The minimum atomic E-state index is -0.741. The average Bonchev–Trinajstić information content (AvgIpc) is 3.97. The predicted octanol–water partition coefficient (Wildman–Crippen LogP) is 9.48. The molecule has 2 aliphatic heterocycles. The molecule has 10 heteroatoms. The first kappa shape index (κ1) is 39.6. The van der Waals surface area contributed by atoms with Crippen molar-refractivity contribution in [2.75, 3.05) is 9.80 Å². The van der Waals surface area contributed by atoms with E-state index in [1.165, 1.54) is 31.7 Å². The Kier molecular flexibility index (Phi) is 9.76. The molecular weight excluding hydrogens is 777 g/mol. The highest BCUT2D eigenvalue weighted by molar-refractivity contribution is 8.21. The molecule has 0 bridgehead atoms. The Morgan fingerprint density at radius 2 is 1.07 bits per heavy atom. The van der Waals surface area contributed by atoms with E-state index in [-0.39, 0.29) is 21.9 Å². The lowest BCUT2D eigenvalue weighted by atomic mass is 9.89. The smallest absolute Gasteiger partial charge is 0.229 e. The molecule has 0 unspecified atom stereocenters. The Morgan fingerprint density at radius 1 is 0.576 bits per heavy atom. The van der Waals surface area contributed by atoms with Gasteiger partial charge in [0.15, 0.2) is 11.2 Å². The summed E-state index contributed by atoms with van der Waals surface area (Å²) in [5.41, 5.74) is 10.3. The monoisotopic (exact) mass is 816 g/mol. The maximum atomic E-state index is 6.80. The number of allylic oxidation sites excluding steroid dienone is 2. The fraction of sp³-hybridized carbons (Fsp3) is 0.0612. The van der Waals surface area contributed by atoms with Gasteiger partial charge in [-0.3, -0.25) is 9.80 Å². The van der Waals surface area contributed by atoms with Crippen LogP contribution in [0, 0.1) is 0 Å². The third-order valence-corrected chi connectivity index (χ3v) is 14.5. The van der Waals surface area contributed by atoms with Gasteiger partial charge in [-0.25, -0.2) is 0 Å². The zero-order valence-corrected chi connectivity index (χ0v) is 33.3. The Hall–Kier alpha value is -6.24. The number of rotatable bonds is 3. The second-order valence-electron chi connectivity index (χ2n) is 14.4. The van der Waals surface area contributed by atoms with E-state index in [1.807, 2.05) is 41.7 Å². The Morgan fingerprint density at radius 3 is 1.63 bits per heavy atom. The van der Waals surface area contributed by atoms with E-state index in [1.54, 1.807) is 0 Å². The number of furan rings is 2. The van der Waals surface area contributed by atoms with Crippen molar-refractivity contribution in [2.45, 2.75) is 27.0 Å². The number of para-hydroxylation sites is 6. The van der Waals surface area contributed by atoms with Crippen molar-refractivity contribution in [1.82, 2.24) is 0 Å². The second-order valence-corrected chi connectivity index (χ2v) is 17.1. The summed E-state index contributed by atoms with van der Waals surface area (Å²) in [5, 5.41) is 9.12. The van der Waals surface area contributed by atoms with Crippen LogP contribution in [0.3, 0.4) is 0 Å². The fourth-order valence-electron chi connectivity index (χ4n) is 9.15. The van der Waals surface area contributed by atoms with Gasteiger partial charge in [0.25, 0.3) is 0 Å². The third kappa shape index (κ3) is 5.35. The summed E-state index contributed by atoms with van der Waals surface area (Å²) in [6.45, 7) is 8.73. The van der Waals surface area contributed by atoms with E-state index in [2.05, 4.69) is 150 Å². The molecule has 294 valence electrons. The first-order chi connectivity index (χ1) is 27.1. The summed E-state index contributed by atoms with van der Waals surface area (Å²) >= 11 is 3.77. The molecule has 2 aromatic heterocycles. The SMILES string of the molecule is C=C/C=c1\c(=C)c2c(c3cc4c(cc13)SC1(S4)N(c3cccc4c3oc3ccccc34)c3ccccc3N1c1cccc3c1oc1ccccc13)C=CCC2.O.O.O.O. The second kappa shape index (κ2) is 14.5. The zero-order valence-electron chi connectivity index (χ0n) is 31.7. The summed E-state index contributed by atoms with van der Waals surface area (Å²) < 4.78 is 12.9. The molecule has 7 aromatic carbocycles. The van der Waals surface area contributed by atoms with Gasteiger partial charge in [0.1, 0.15) is 11.2 Å². The Labute approximate surface area is 347 Å². The maximum Gasteiger partial charge on any atom is 0.229 e. The van der Waals surface area contributed by atoms with Gasteiger partial charge in [-0.05, 0) is 93.7 Å². The summed E-state index contributed by atoms with van der Waals surface area (Å²) in [7, 11) is 0. The van der Waals surface area contributed by atoms with E-state index in [4.69, 9.17) is 8.83 Å². The Balaban J connectivity index is 0.00000121. The minimum absolute atomic E-state index is 0. The first-order valence-electron chi connectivity index (χ1n) is 18.6. The molecule has 0 amide bonds. The number of hydrogen-bond donors (Lipinski definition) is 0. The molecule has 8 nitrogen and oxygen atoms in total. The summed E-state index contributed by atoms with van der Waals surface area (Å²) in [4.78, 5) is 7.46. The van der Waals surface area contributed by atoms with Gasteiger partial charge in [0.05, 0.1) is 22.7 Å². The number of thioether (sulfide) groups is 2. The van der Waals surface area contributed by atoms with E-state index >= 15 is 0 Å². The molecule has 12 rings (SSSR count). The highest BCUT2D eigenvalue weighted by Gasteiger charge is 2.57. The van der Waals surface area contributed by atoms with Gasteiger partial charge < -0.3 is 30.7 Å². The molecule has 0 saturated carbocycles. The van der Waals surface area contributed by atoms with Crippen LogP contribution in [0.25, 0.3) is 73.4 Å². The van der Waals surface area contributed by atoms with Crippen LogP contribution < -0.4 is 20.2 Å². The van der Waals surface area contributed by atoms with E-state index < -0.39 is 4.33 Å². The topological polar surface area (TPSA) is 159 Å². The normalized spacial score (nSPS) is 14.9. The van der Waals surface area contributed by atoms with Crippen LogP contribution >= 0.6 is 23.5 Å². The maximum absolute atomic E-state index is 6.80. The molecule has 4 heterocycles. The highest BCUT2D eigenvalue weighted by Crippen LogP contribution is 2.69. The minimum Gasteiger partial charge on any atom is -0.454 e. The molecular formula is C49H40N2O6S2. The highest BCUT2D eigenvalue weighted by atomic mass is 32.2. The number of anilines is 4. The zero-order chi connectivity index (χ0) is 36.4. The van der Waals surface area contributed by atoms with Crippen molar-refractivity contribution in [3.63, 3.8) is 0 Å². The lowest BCUT2D eigenvalue weighted by molar-refractivity contribution is 0.664. The van der Waals surface area contributed by atoms with Crippen molar-refractivity contribution >= 4 is 120 Å². The van der Waals surface area contributed by atoms with Crippen LogP contribution in [0.2, 0.25) is 0 Å². The van der Waals surface area contributed by atoms with Crippen LogP contribution in [0.15, 0.2) is 159 Å². The van der Waals surface area contributed by atoms with Crippen molar-refractivity contribution in [2.24, 2.45) is 0 Å². The largest absolute Gasteiger partial charge is 0.454 e. The van der Waals surface area contributed by atoms with Crippen molar-refractivity contribution in [1.29, 1.82) is 0 Å². The van der Waals surface area contributed by atoms with Crippen molar-refractivity contribution in [3.05, 3.63) is 162 Å². The van der Waals surface area contributed by atoms with Crippen LogP contribution in [0.4, 0.5) is 22.7 Å². The molecule has 0 radical (unpaired) electrons. The molecule has 8 N–H and O–H groups in total. The van der Waals surface area contributed by atoms with Crippen LogP contribution in [0.5, 0.6) is 0 Å². The molecule has 1 spiro atoms. The fourth-order valence-corrected chi connectivity index (χ4v) is 12.5. The quantitative estimate of drug-likeness (QED) is 0.173. The van der Waals surface area contributed by atoms with Crippen LogP contribution in [0.1, 0.15) is 17.5 Å². The van der Waals surface area contributed by atoms with Crippen molar-refractivity contribution in [3.8, 4) is 0 Å². The van der Waals surface area contributed by atoms with Gasteiger partial charge in [0, 0.05) is 31.3 Å². The molecule has 3 aliphatic rings. The molecule has 0 fully saturated rings. The van der Waals surface area contributed by atoms with Gasteiger partial charge in [-0.15, -0.1) is 0 Å². The van der Waals surface area contributed by atoms with Gasteiger partial charge in [-0.2, -0.15) is 0 Å². The van der Waals surface area contributed by atoms with Crippen molar-refractivity contribution < 1.29 is 30.7 Å². The first-order valence-corrected chi connectivity index (χ1v) is 20.3. The molecule has 9 aromatic rings. The van der Waals surface area contributed by atoms with Gasteiger partial charge in [-0.1, -0.05) is 134 Å². The summed E-state index contributed by atoms with van der Waals surface area (Å²) in [6, 6.07) is 43.4. The average molecular weight is 817 g/mol. The van der Waals surface area contributed by atoms with Gasteiger partial charge in [0.2, 0.25) is 4.33 Å². The predicted molar refractivity (Wildman–Crippen MR) is 248 cm³/mol. The number of hydrogen-bond acceptors (Lipinski definition) is 6. The molecule has 0 atom stereocenters. The van der Waals surface area contributed by atoms with E-state index in [0.29, 0.717) is 0 Å².